The van der Waals surface area contributed by atoms with Gasteiger partial charge in [0.2, 0.25) is 0 Å². The first kappa shape index (κ1) is 11.8. The Morgan fingerprint density at radius 2 is 2.07 bits per heavy atom. The summed E-state index contributed by atoms with van der Waals surface area (Å²) < 4.78 is 0. The molecule has 3 nitrogen and oxygen atoms in total. The van der Waals surface area contributed by atoms with Gasteiger partial charge in [-0.05, 0) is 38.1 Å². The van der Waals surface area contributed by atoms with E-state index < -0.39 is 5.97 Å². The summed E-state index contributed by atoms with van der Waals surface area (Å²) in [4.78, 5) is 11.0. The molecule has 3 unspecified atom stereocenters. The molecule has 2 rings (SSSR count). The molecule has 3 atom stereocenters. The van der Waals surface area contributed by atoms with E-state index in [9.17, 15) is 4.79 Å². The maximum Gasteiger partial charge on any atom is 1.00 e. The van der Waals surface area contributed by atoms with Gasteiger partial charge >= 0.3 is 7.40 Å². The molecular formula is C10H18ClNO2. The molecule has 0 aromatic carbocycles. The van der Waals surface area contributed by atoms with Gasteiger partial charge in [0.1, 0.15) is 0 Å². The van der Waals surface area contributed by atoms with Crippen molar-refractivity contribution in [3.05, 3.63) is 0 Å². The van der Waals surface area contributed by atoms with Crippen LogP contribution in [0.3, 0.4) is 0 Å². The van der Waals surface area contributed by atoms with Crippen LogP contribution in [0.5, 0.6) is 0 Å². The molecule has 1 saturated carbocycles. The standard InChI is InChI=1S/C10H17NO2.ClH/c12-10(13)8-3-1-5-9-7(8)4-2-6-11-9;/h7-9,11H,1-6H2,(H,12,13);1H. The van der Waals surface area contributed by atoms with E-state index >= 15 is 0 Å². The molecular weight excluding hydrogens is 202 g/mol. The summed E-state index contributed by atoms with van der Waals surface area (Å²) in [6.07, 6.45) is 5.39. The van der Waals surface area contributed by atoms with Gasteiger partial charge in [-0.2, -0.15) is 0 Å². The Hall–Kier alpha value is -0.280. The number of nitrogens with one attached hydrogen (secondary N) is 1. The maximum absolute atomic E-state index is 11.0. The van der Waals surface area contributed by atoms with Crippen molar-refractivity contribution in [1.82, 2.24) is 5.32 Å². The van der Waals surface area contributed by atoms with E-state index in [1.165, 1.54) is 6.42 Å². The van der Waals surface area contributed by atoms with Crippen LogP contribution in [0.15, 0.2) is 0 Å². The number of halogens is 1. The normalized spacial score (nSPS) is 36.7. The van der Waals surface area contributed by atoms with Gasteiger partial charge in [0, 0.05) is 6.04 Å². The van der Waals surface area contributed by atoms with Crippen LogP contribution in [0.1, 0.15) is 33.5 Å². The molecule has 0 aromatic rings. The molecule has 4 heteroatoms. The topological polar surface area (TPSA) is 49.3 Å². The lowest BCUT2D eigenvalue weighted by Gasteiger charge is -2.40. The Bertz CT molecular complexity index is 214. The monoisotopic (exact) mass is 219 g/mol. The van der Waals surface area contributed by atoms with Crippen molar-refractivity contribution < 1.29 is 23.7 Å². The SMILES string of the molecule is O=C(O)C1CCCC2NCCCC21.[Cl-].[H+]. The quantitative estimate of drug-likeness (QED) is 0.556. The predicted octanol–water partition coefficient (Wildman–Crippen LogP) is -1.64. The highest BCUT2D eigenvalue weighted by Gasteiger charge is 2.38. The smallest absolute Gasteiger partial charge is 1.00 e. The zero-order valence-corrected chi connectivity index (χ0v) is 8.96. The highest BCUT2D eigenvalue weighted by atomic mass is 35.5. The first-order valence-electron chi connectivity index (χ1n) is 5.25. The second-order valence-electron chi connectivity index (χ2n) is 4.24. The first-order valence-corrected chi connectivity index (χ1v) is 5.25. The third-order valence-electron chi connectivity index (χ3n) is 3.50. The van der Waals surface area contributed by atoms with Crippen LogP contribution < -0.4 is 17.7 Å². The summed E-state index contributed by atoms with van der Waals surface area (Å²) in [7, 11) is 0. The number of fused-ring (bicyclic) bond motifs is 1. The number of carboxylic acids is 1. The minimum atomic E-state index is -0.585. The summed E-state index contributed by atoms with van der Waals surface area (Å²) in [5, 5.41) is 12.5. The van der Waals surface area contributed by atoms with Gasteiger partial charge in [0.25, 0.3) is 0 Å². The average molecular weight is 220 g/mol. The number of hydrogen-bond acceptors (Lipinski definition) is 2. The fourth-order valence-electron chi connectivity index (χ4n) is 2.85. The molecule has 2 N–H and O–H groups in total. The van der Waals surface area contributed by atoms with E-state index in [1.54, 1.807) is 0 Å². The van der Waals surface area contributed by atoms with Gasteiger partial charge in [-0.1, -0.05) is 6.42 Å². The van der Waals surface area contributed by atoms with E-state index in [0.717, 1.165) is 32.2 Å². The first-order chi connectivity index (χ1) is 6.29. The lowest BCUT2D eigenvalue weighted by Crippen LogP contribution is -3.00. The van der Waals surface area contributed by atoms with E-state index in [0.29, 0.717) is 12.0 Å². The highest BCUT2D eigenvalue weighted by molar-refractivity contribution is 5.70. The number of carbonyl (C=O) groups is 1. The lowest BCUT2D eigenvalue weighted by molar-refractivity contribution is -0.146. The van der Waals surface area contributed by atoms with Crippen molar-refractivity contribution >= 4 is 5.97 Å². The van der Waals surface area contributed by atoms with Crippen molar-refractivity contribution in [2.45, 2.75) is 38.1 Å². The molecule has 0 radical (unpaired) electrons. The van der Waals surface area contributed by atoms with Crippen LogP contribution in [0.4, 0.5) is 0 Å². The van der Waals surface area contributed by atoms with E-state index in [4.69, 9.17) is 5.11 Å². The molecule has 2 aliphatic rings. The van der Waals surface area contributed by atoms with Crippen LogP contribution in [0, 0.1) is 11.8 Å². The largest absolute Gasteiger partial charge is 1.00 e. The number of piperidine rings is 1. The van der Waals surface area contributed by atoms with Gasteiger partial charge in [-0.25, -0.2) is 0 Å². The van der Waals surface area contributed by atoms with Crippen LogP contribution >= 0.6 is 0 Å². The second kappa shape index (κ2) is 4.99. The van der Waals surface area contributed by atoms with Crippen LogP contribution in [0.25, 0.3) is 0 Å². The molecule has 1 aliphatic carbocycles. The Morgan fingerprint density at radius 1 is 1.29 bits per heavy atom. The maximum atomic E-state index is 11.0. The summed E-state index contributed by atoms with van der Waals surface area (Å²) in [6, 6.07) is 0.489. The van der Waals surface area contributed by atoms with Crippen molar-refractivity contribution in [3.63, 3.8) is 0 Å². The number of aliphatic carboxylic acids is 1. The summed E-state index contributed by atoms with van der Waals surface area (Å²) in [5.74, 6) is -0.259. The van der Waals surface area contributed by atoms with Crippen LogP contribution in [-0.4, -0.2) is 23.7 Å². The van der Waals surface area contributed by atoms with Gasteiger partial charge in [0.15, 0.2) is 0 Å². The fraction of sp³-hybridized carbons (Fsp3) is 0.900. The number of hydrogen-bond donors (Lipinski definition) is 2. The zero-order chi connectivity index (χ0) is 9.26. The third-order valence-corrected chi connectivity index (χ3v) is 3.50. The van der Waals surface area contributed by atoms with Crippen molar-refractivity contribution in [3.8, 4) is 0 Å². The van der Waals surface area contributed by atoms with E-state index in [2.05, 4.69) is 5.32 Å². The van der Waals surface area contributed by atoms with E-state index in [1.807, 2.05) is 0 Å². The molecule has 0 amide bonds. The third kappa shape index (κ3) is 2.20. The Labute approximate surface area is 92.2 Å². The van der Waals surface area contributed by atoms with Crippen LogP contribution in [0.2, 0.25) is 0 Å². The Morgan fingerprint density at radius 3 is 2.79 bits per heavy atom. The highest BCUT2D eigenvalue weighted by Crippen LogP contribution is 2.35. The lowest BCUT2D eigenvalue weighted by atomic mass is 9.72. The van der Waals surface area contributed by atoms with E-state index in [-0.39, 0.29) is 19.8 Å². The minimum absolute atomic E-state index is 0. The van der Waals surface area contributed by atoms with Gasteiger partial charge < -0.3 is 22.8 Å². The van der Waals surface area contributed by atoms with Crippen molar-refractivity contribution in [2.75, 3.05) is 6.54 Å². The predicted molar refractivity (Wildman–Crippen MR) is 50.6 cm³/mol. The molecule has 1 saturated heterocycles. The molecule has 2 fully saturated rings. The molecule has 14 heavy (non-hydrogen) atoms. The second-order valence-corrected chi connectivity index (χ2v) is 4.24. The number of rotatable bonds is 1. The molecule has 0 bridgehead atoms. The fourth-order valence-corrected chi connectivity index (χ4v) is 2.85. The molecule has 0 spiro atoms. The zero-order valence-electron chi connectivity index (χ0n) is 9.21. The molecule has 1 heterocycles. The average Bonchev–Trinajstić information content (AvgIpc) is 2.17. The number of carboxylic acid groups (broad SMARTS) is 1. The minimum Gasteiger partial charge on any atom is -1.00 e. The molecule has 0 aromatic heterocycles. The molecule has 82 valence electrons. The van der Waals surface area contributed by atoms with Crippen molar-refractivity contribution in [2.24, 2.45) is 11.8 Å². The summed E-state index contributed by atoms with van der Waals surface area (Å²) in [5.41, 5.74) is 0. The van der Waals surface area contributed by atoms with Gasteiger partial charge in [-0.15, -0.1) is 0 Å². The van der Waals surface area contributed by atoms with Gasteiger partial charge in [-0.3, -0.25) is 4.79 Å². The van der Waals surface area contributed by atoms with Crippen LogP contribution in [-0.2, 0) is 4.79 Å². The van der Waals surface area contributed by atoms with Gasteiger partial charge in [0.05, 0.1) is 5.92 Å². The Kier molecular flexibility index (Phi) is 4.20. The molecule has 1 aliphatic heterocycles. The Balaban J connectivity index is 0.000000980. The summed E-state index contributed by atoms with van der Waals surface area (Å²) in [6.45, 7) is 1.08. The van der Waals surface area contributed by atoms with Crippen molar-refractivity contribution in [1.29, 1.82) is 0 Å². The summed E-state index contributed by atoms with van der Waals surface area (Å²) >= 11 is 0.